The molecule has 4 rings (SSSR count). The van der Waals surface area contributed by atoms with Crippen LogP contribution in [0.1, 0.15) is 10.4 Å². The number of hydrogen-bond donors (Lipinski definition) is 1. The quantitative estimate of drug-likeness (QED) is 0.501. The minimum absolute atomic E-state index is 0.527. The molecule has 0 aliphatic heterocycles. The number of hydrogen-bond acceptors (Lipinski definition) is 6. The van der Waals surface area contributed by atoms with Crippen LogP contribution in [0.5, 0.6) is 5.75 Å². The second-order valence-electron chi connectivity index (χ2n) is 5.97. The Hall–Kier alpha value is -3.25. The molecule has 0 amide bonds. The summed E-state index contributed by atoms with van der Waals surface area (Å²) in [5.41, 5.74) is 2.81. The van der Waals surface area contributed by atoms with Crippen molar-refractivity contribution in [1.29, 1.82) is 0 Å². The van der Waals surface area contributed by atoms with E-state index >= 15 is 0 Å². The molecule has 0 spiro atoms. The van der Waals surface area contributed by atoms with Gasteiger partial charge in [-0.05, 0) is 30.7 Å². The van der Waals surface area contributed by atoms with E-state index < -0.39 is 0 Å². The summed E-state index contributed by atoms with van der Waals surface area (Å²) in [6.45, 7) is 2.56. The Bertz CT molecular complexity index is 1030. The lowest BCUT2D eigenvalue weighted by Crippen LogP contribution is -1.99. The highest BCUT2D eigenvalue weighted by Gasteiger charge is 2.07. The van der Waals surface area contributed by atoms with Gasteiger partial charge in [-0.15, -0.1) is 11.3 Å². The molecule has 6 heteroatoms. The molecule has 134 valence electrons. The van der Waals surface area contributed by atoms with Gasteiger partial charge in [-0.25, -0.2) is 15.0 Å². The fraction of sp³-hybridized carbons (Fsp3) is 0.0952. The van der Waals surface area contributed by atoms with Crippen LogP contribution in [-0.2, 0) is 6.61 Å². The Morgan fingerprint density at radius 2 is 1.89 bits per heavy atom. The van der Waals surface area contributed by atoms with E-state index in [1.165, 1.54) is 0 Å². The lowest BCUT2D eigenvalue weighted by Gasteiger charge is -2.09. The maximum atomic E-state index is 5.88. The van der Waals surface area contributed by atoms with Crippen molar-refractivity contribution in [3.8, 4) is 16.5 Å². The van der Waals surface area contributed by atoms with Crippen LogP contribution in [0.2, 0.25) is 0 Å². The zero-order valence-corrected chi connectivity index (χ0v) is 15.6. The topological polar surface area (TPSA) is 59.9 Å². The van der Waals surface area contributed by atoms with Crippen molar-refractivity contribution in [1.82, 2.24) is 15.0 Å². The van der Waals surface area contributed by atoms with Crippen LogP contribution >= 0.6 is 11.3 Å². The predicted octanol–water partition coefficient (Wildman–Crippen LogP) is 5.23. The van der Waals surface area contributed by atoms with Gasteiger partial charge in [0.1, 0.15) is 23.1 Å². The van der Waals surface area contributed by atoms with Crippen LogP contribution in [0.25, 0.3) is 10.7 Å². The third kappa shape index (κ3) is 4.48. The number of thiazole rings is 1. The number of ether oxygens (including phenoxy) is 1. The van der Waals surface area contributed by atoms with E-state index in [9.17, 15) is 0 Å². The van der Waals surface area contributed by atoms with Crippen LogP contribution < -0.4 is 10.1 Å². The second-order valence-corrected chi connectivity index (χ2v) is 7.20. The number of nitrogens with one attached hydrogen (secondary N) is 1. The van der Waals surface area contributed by atoms with Gasteiger partial charge in [0, 0.05) is 29.0 Å². The monoisotopic (exact) mass is 374 g/mol. The summed E-state index contributed by atoms with van der Waals surface area (Å²) in [7, 11) is 0. The normalized spacial score (nSPS) is 10.6. The Kier molecular flexibility index (Phi) is 5.07. The summed E-state index contributed by atoms with van der Waals surface area (Å²) < 4.78 is 5.88. The van der Waals surface area contributed by atoms with Crippen molar-refractivity contribution < 1.29 is 4.74 Å². The van der Waals surface area contributed by atoms with Gasteiger partial charge < -0.3 is 10.1 Å². The molecule has 0 bridgehead atoms. The third-order valence-corrected chi connectivity index (χ3v) is 4.77. The average molecular weight is 374 g/mol. The highest BCUT2D eigenvalue weighted by molar-refractivity contribution is 7.14. The van der Waals surface area contributed by atoms with Gasteiger partial charge in [0.15, 0.2) is 0 Å². The maximum Gasteiger partial charge on any atom is 0.227 e. The van der Waals surface area contributed by atoms with E-state index in [-0.39, 0.29) is 0 Å². The van der Waals surface area contributed by atoms with Crippen LogP contribution in [0.15, 0.2) is 73.1 Å². The molecular formula is C21H18N4OS. The lowest BCUT2D eigenvalue weighted by atomic mass is 10.2. The fourth-order valence-electron chi connectivity index (χ4n) is 2.54. The number of rotatable bonds is 6. The zero-order chi connectivity index (χ0) is 18.5. The van der Waals surface area contributed by atoms with Crippen molar-refractivity contribution in [2.45, 2.75) is 13.5 Å². The van der Waals surface area contributed by atoms with Crippen molar-refractivity contribution in [2.75, 3.05) is 5.32 Å². The molecule has 5 nitrogen and oxygen atoms in total. The molecule has 0 radical (unpaired) electrons. The first-order valence-electron chi connectivity index (χ1n) is 8.56. The minimum atomic E-state index is 0.527. The molecule has 0 fully saturated rings. The molecule has 0 aliphatic carbocycles. The lowest BCUT2D eigenvalue weighted by molar-refractivity contribution is 0.306. The van der Waals surface area contributed by atoms with Crippen LogP contribution in [-0.4, -0.2) is 15.0 Å². The molecule has 0 aliphatic rings. The molecule has 0 atom stereocenters. The van der Waals surface area contributed by atoms with Crippen LogP contribution in [0.4, 0.5) is 11.6 Å². The predicted molar refractivity (Wildman–Crippen MR) is 108 cm³/mol. The smallest absolute Gasteiger partial charge is 0.227 e. The van der Waals surface area contributed by atoms with E-state index in [2.05, 4.69) is 20.3 Å². The van der Waals surface area contributed by atoms with E-state index in [0.717, 1.165) is 32.6 Å². The molecule has 27 heavy (non-hydrogen) atoms. The van der Waals surface area contributed by atoms with Crippen LogP contribution in [0.3, 0.4) is 0 Å². The summed E-state index contributed by atoms with van der Waals surface area (Å²) in [6, 6.07) is 19.7. The highest BCUT2D eigenvalue weighted by Crippen LogP contribution is 2.25. The molecule has 2 aromatic carbocycles. The van der Waals surface area contributed by atoms with Crippen molar-refractivity contribution in [3.05, 3.63) is 83.5 Å². The van der Waals surface area contributed by atoms with Crippen molar-refractivity contribution in [2.24, 2.45) is 0 Å². The van der Waals surface area contributed by atoms with Crippen molar-refractivity contribution >= 4 is 23.0 Å². The molecule has 0 saturated carbocycles. The Labute approximate surface area is 161 Å². The first-order chi connectivity index (χ1) is 13.3. The summed E-state index contributed by atoms with van der Waals surface area (Å²) in [6.07, 6.45) is 3.58. The SMILES string of the molecule is Cc1cnc(-c2ccnc(Nc3cccc(OCc4ccccc4)c3)n2)s1. The summed E-state index contributed by atoms with van der Waals surface area (Å²) in [5.74, 6) is 1.32. The van der Waals surface area contributed by atoms with Gasteiger partial charge in [-0.3, -0.25) is 0 Å². The maximum absolute atomic E-state index is 5.88. The molecule has 0 saturated heterocycles. The Morgan fingerprint density at radius 1 is 1.00 bits per heavy atom. The van der Waals surface area contributed by atoms with Gasteiger partial charge >= 0.3 is 0 Å². The number of aryl methyl sites for hydroxylation is 1. The number of anilines is 2. The average Bonchev–Trinajstić information content (AvgIpc) is 3.14. The van der Waals surface area contributed by atoms with Gasteiger partial charge in [-0.1, -0.05) is 36.4 Å². The fourth-order valence-corrected chi connectivity index (χ4v) is 3.28. The molecule has 1 N–H and O–H groups in total. The molecular weight excluding hydrogens is 356 g/mol. The molecule has 2 heterocycles. The van der Waals surface area contributed by atoms with E-state index in [4.69, 9.17) is 4.74 Å². The van der Waals surface area contributed by atoms with Crippen molar-refractivity contribution in [3.63, 3.8) is 0 Å². The minimum Gasteiger partial charge on any atom is -0.489 e. The second kappa shape index (κ2) is 7.97. The summed E-state index contributed by atoms with van der Waals surface area (Å²) in [4.78, 5) is 14.4. The van der Waals surface area contributed by atoms with Gasteiger partial charge in [0.25, 0.3) is 0 Å². The zero-order valence-electron chi connectivity index (χ0n) is 14.8. The van der Waals surface area contributed by atoms with E-state index in [1.54, 1.807) is 17.5 Å². The Balaban J connectivity index is 1.47. The third-order valence-electron chi connectivity index (χ3n) is 3.83. The number of aromatic nitrogens is 3. The first kappa shape index (κ1) is 17.2. The van der Waals surface area contributed by atoms with E-state index in [0.29, 0.717) is 12.6 Å². The Morgan fingerprint density at radius 3 is 2.70 bits per heavy atom. The number of benzene rings is 2. The summed E-state index contributed by atoms with van der Waals surface area (Å²) in [5, 5.41) is 4.12. The van der Waals surface area contributed by atoms with E-state index in [1.807, 2.05) is 73.8 Å². The van der Waals surface area contributed by atoms with Crippen LogP contribution in [0, 0.1) is 6.92 Å². The molecule has 4 aromatic rings. The highest BCUT2D eigenvalue weighted by atomic mass is 32.1. The molecule has 0 unspecified atom stereocenters. The molecule has 2 aromatic heterocycles. The summed E-state index contributed by atoms with van der Waals surface area (Å²) >= 11 is 1.61. The van der Waals surface area contributed by atoms with Gasteiger partial charge in [-0.2, -0.15) is 0 Å². The number of nitrogens with zero attached hydrogens (tertiary/aromatic N) is 3. The van der Waals surface area contributed by atoms with Gasteiger partial charge in [0.05, 0.1) is 0 Å². The largest absolute Gasteiger partial charge is 0.489 e. The standard InChI is InChI=1S/C21H18N4OS/c1-15-13-23-20(27-15)19-10-11-22-21(25-19)24-17-8-5-9-18(12-17)26-14-16-6-3-2-4-7-16/h2-13H,14H2,1H3,(H,22,24,25). The van der Waals surface area contributed by atoms with Gasteiger partial charge in [0.2, 0.25) is 5.95 Å². The first-order valence-corrected chi connectivity index (χ1v) is 9.37.